The summed E-state index contributed by atoms with van der Waals surface area (Å²) in [5.74, 6) is 0.185. The molecule has 0 N–H and O–H groups in total. The number of thioether (sulfide) groups is 1. The first-order valence-electron chi connectivity index (χ1n) is 9.58. The number of hydrogen-bond donors (Lipinski definition) is 0. The lowest BCUT2D eigenvalue weighted by Gasteiger charge is -2.12. The maximum absolute atomic E-state index is 13.5. The lowest BCUT2D eigenvalue weighted by molar-refractivity contribution is 0.642. The molecule has 3 heterocycles. The molecule has 0 fully saturated rings. The highest BCUT2D eigenvalue weighted by Crippen LogP contribution is 2.29. The number of nitrogens with zero attached hydrogens (tertiary/aromatic N) is 5. The summed E-state index contributed by atoms with van der Waals surface area (Å²) in [6, 6.07) is 16.5. The van der Waals surface area contributed by atoms with E-state index in [1.165, 1.54) is 27.8 Å². The van der Waals surface area contributed by atoms with Gasteiger partial charge >= 0.3 is 0 Å². The van der Waals surface area contributed by atoms with Crippen LogP contribution < -0.4 is 11.1 Å². The molecule has 0 amide bonds. The third-order valence-corrected chi connectivity index (χ3v) is 7.14. The van der Waals surface area contributed by atoms with Crippen LogP contribution >= 0.6 is 23.1 Å². The summed E-state index contributed by atoms with van der Waals surface area (Å²) in [5.41, 5.74) is 1.90. The van der Waals surface area contributed by atoms with Gasteiger partial charge in [0.2, 0.25) is 0 Å². The van der Waals surface area contributed by atoms with Crippen molar-refractivity contribution >= 4 is 44.2 Å². The Hall–Kier alpha value is -3.30. The average Bonchev–Trinajstić information content (AvgIpc) is 3.07. The SMILES string of the molecule is Cc1sc2nc(SCn3nnc4ccccc4c3=O)n(-c3ccccc3)c(=O)c2c1C. The van der Waals surface area contributed by atoms with E-state index < -0.39 is 0 Å². The molecule has 0 unspecified atom stereocenters. The van der Waals surface area contributed by atoms with Crippen molar-refractivity contribution in [3.8, 4) is 5.69 Å². The zero-order valence-corrected chi connectivity index (χ0v) is 18.4. The van der Waals surface area contributed by atoms with Crippen molar-refractivity contribution in [1.29, 1.82) is 0 Å². The third kappa shape index (κ3) is 3.35. The van der Waals surface area contributed by atoms with Gasteiger partial charge in [0.25, 0.3) is 11.1 Å². The number of rotatable bonds is 4. The summed E-state index contributed by atoms with van der Waals surface area (Å²) in [5, 5.41) is 9.83. The minimum atomic E-state index is -0.226. The fourth-order valence-electron chi connectivity index (χ4n) is 3.40. The number of benzene rings is 2. The van der Waals surface area contributed by atoms with Crippen molar-refractivity contribution in [2.75, 3.05) is 0 Å². The fraction of sp³-hybridized carbons (Fsp3) is 0.136. The normalized spacial score (nSPS) is 11.4. The lowest BCUT2D eigenvalue weighted by atomic mass is 10.2. The lowest BCUT2D eigenvalue weighted by Crippen LogP contribution is -2.25. The number of hydrogen-bond acceptors (Lipinski definition) is 7. The second-order valence-corrected chi connectivity index (χ2v) is 9.13. The van der Waals surface area contributed by atoms with E-state index in [1.54, 1.807) is 22.8 Å². The van der Waals surface area contributed by atoms with E-state index in [0.717, 1.165) is 16.1 Å². The van der Waals surface area contributed by atoms with Crippen LogP contribution in [-0.4, -0.2) is 24.5 Å². The highest BCUT2D eigenvalue weighted by Gasteiger charge is 2.18. The molecule has 5 aromatic rings. The van der Waals surface area contributed by atoms with Crippen LogP contribution in [0.15, 0.2) is 69.3 Å². The van der Waals surface area contributed by atoms with Gasteiger partial charge in [0.1, 0.15) is 10.3 Å². The topological polar surface area (TPSA) is 82.7 Å². The molecule has 9 heteroatoms. The Bertz CT molecular complexity index is 1550. The van der Waals surface area contributed by atoms with Gasteiger partial charge < -0.3 is 0 Å². The summed E-state index contributed by atoms with van der Waals surface area (Å²) in [7, 11) is 0. The molecule has 0 aliphatic carbocycles. The highest BCUT2D eigenvalue weighted by atomic mass is 32.2. The molecule has 154 valence electrons. The standard InChI is InChI=1S/C22H17N5O2S2/c1-13-14(2)31-19-18(13)21(29)27(15-8-4-3-5-9-15)22(23-19)30-12-26-20(28)16-10-6-7-11-17(16)24-25-26/h3-11H,12H2,1-2H3. The molecule has 2 aromatic carbocycles. The second kappa shape index (κ2) is 7.75. The first kappa shape index (κ1) is 19.7. The van der Waals surface area contributed by atoms with Gasteiger partial charge in [0.15, 0.2) is 5.16 Å². The Morgan fingerprint density at radius 3 is 2.52 bits per heavy atom. The van der Waals surface area contributed by atoms with Crippen molar-refractivity contribution < 1.29 is 0 Å². The minimum absolute atomic E-state index is 0.113. The zero-order chi connectivity index (χ0) is 21.5. The number of thiophene rings is 1. The summed E-state index contributed by atoms with van der Waals surface area (Å²) in [4.78, 5) is 32.8. The van der Waals surface area contributed by atoms with E-state index in [9.17, 15) is 9.59 Å². The van der Waals surface area contributed by atoms with Crippen molar-refractivity contribution in [3.05, 3.63) is 85.7 Å². The van der Waals surface area contributed by atoms with E-state index in [0.29, 0.717) is 26.3 Å². The van der Waals surface area contributed by atoms with Crippen LogP contribution in [0.2, 0.25) is 0 Å². The van der Waals surface area contributed by atoms with Crippen molar-refractivity contribution in [3.63, 3.8) is 0 Å². The van der Waals surface area contributed by atoms with Crippen LogP contribution in [0.4, 0.5) is 0 Å². The molecule has 0 aliphatic rings. The predicted octanol–water partition coefficient (Wildman–Crippen LogP) is 3.92. The Balaban J connectivity index is 1.64. The quantitative estimate of drug-likeness (QED) is 0.307. The molecule has 7 nitrogen and oxygen atoms in total. The molecular formula is C22H17N5O2S2. The van der Waals surface area contributed by atoms with E-state index in [1.807, 2.05) is 50.2 Å². The highest BCUT2D eigenvalue weighted by molar-refractivity contribution is 7.98. The van der Waals surface area contributed by atoms with Gasteiger partial charge in [-0.3, -0.25) is 14.2 Å². The minimum Gasteiger partial charge on any atom is -0.268 e. The largest absolute Gasteiger partial charge is 0.278 e. The van der Waals surface area contributed by atoms with Crippen molar-refractivity contribution in [2.24, 2.45) is 0 Å². The van der Waals surface area contributed by atoms with E-state index in [-0.39, 0.29) is 17.0 Å². The van der Waals surface area contributed by atoms with Gasteiger partial charge in [0.05, 0.1) is 22.3 Å². The maximum atomic E-state index is 13.5. The Morgan fingerprint density at radius 1 is 0.968 bits per heavy atom. The van der Waals surface area contributed by atoms with Crippen LogP contribution in [0.1, 0.15) is 10.4 Å². The molecule has 31 heavy (non-hydrogen) atoms. The molecule has 0 atom stereocenters. The van der Waals surface area contributed by atoms with E-state index in [4.69, 9.17) is 4.98 Å². The van der Waals surface area contributed by atoms with Gasteiger partial charge in [-0.2, -0.15) is 4.68 Å². The van der Waals surface area contributed by atoms with E-state index in [2.05, 4.69) is 10.3 Å². The smallest absolute Gasteiger partial charge is 0.268 e. The molecule has 0 radical (unpaired) electrons. The monoisotopic (exact) mass is 447 g/mol. The van der Waals surface area contributed by atoms with Crippen molar-refractivity contribution in [2.45, 2.75) is 24.9 Å². The third-order valence-electron chi connectivity index (χ3n) is 5.13. The van der Waals surface area contributed by atoms with Crippen LogP contribution in [0, 0.1) is 13.8 Å². The Morgan fingerprint density at radius 2 is 1.71 bits per heavy atom. The molecule has 0 spiro atoms. The molecule has 3 aromatic heterocycles. The summed E-state index contributed by atoms with van der Waals surface area (Å²) in [6.45, 7) is 3.94. The maximum Gasteiger partial charge on any atom is 0.278 e. The van der Waals surface area contributed by atoms with Crippen LogP contribution in [0.3, 0.4) is 0 Å². The van der Waals surface area contributed by atoms with Crippen molar-refractivity contribution in [1.82, 2.24) is 24.5 Å². The number of aromatic nitrogens is 5. The Kier molecular flexibility index (Phi) is 4.91. The average molecular weight is 448 g/mol. The number of para-hydroxylation sites is 1. The predicted molar refractivity (Wildman–Crippen MR) is 124 cm³/mol. The second-order valence-electron chi connectivity index (χ2n) is 7.02. The van der Waals surface area contributed by atoms with Crippen LogP contribution in [0.25, 0.3) is 26.8 Å². The molecule has 5 rings (SSSR count). The van der Waals surface area contributed by atoms with Gasteiger partial charge in [-0.15, -0.1) is 16.4 Å². The van der Waals surface area contributed by atoms with E-state index >= 15 is 0 Å². The first-order chi connectivity index (χ1) is 15.0. The summed E-state index contributed by atoms with van der Waals surface area (Å²) >= 11 is 2.78. The van der Waals surface area contributed by atoms with Crippen LogP contribution in [-0.2, 0) is 5.88 Å². The molecular weight excluding hydrogens is 430 g/mol. The number of fused-ring (bicyclic) bond motifs is 2. The van der Waals surface area contributed by atoms with Crippen LogP contribution in [0.5, 0.6) is 0 Å². The van der Waals surface area contributed by atoms with Gasteiger partial charge in [-0.1, -0.05) is 47.3 Å². The molecule has 0 saturated carbocycles. The summed E-state index contributed by atoms with van der Waals surface area (Å²) < 4.78 is 2.90. The number of aryl methyl sites for hydroxylation is 2. The molecule has 0 saturated heterocycles. The first-order valence-corrected chi connectivity index (χ1v) is 11.4. The van der Waals surface area contributed by atoms with Gasteiger partial charge in [-0.25, -0.2) is 4.98 Å². The zero-order valence-electron chi connectivity index (χ0n) is 16.8. The molecule has 0 bridgehead atoms. The van der Waals surface area contributed by atoms with Gasteiger partial charge in [-0.05, 0) is 43.7 Å². The Labute approximate surface area is 185 Å². The molecule has 0 aliphatic heterocycles. The van der Waals surface area contributed by atoms with Gasteiger partial charge in [0, 0.05) is 4.88 Å². The summed E-state index contributed by atoms with van der Waals surface area (Å²) in [6.07, 6.45) is 0. The fourth-order valence-corrected chi connectivity index (χ4v) is 5.36.